The third kappa shape index (κ3) is 8.67. The molecule has 0 N–H and O–H groups in total. The van der Waals surface area contributed by atoms with Crippen LogP contribution in [-0.2, 0) is 0 Å². The number of hydrogen-bond acceptors (Lipinski definition) is 4. The Morgan fingerprint density at radius 3 is 0.916 bits per heavy atom. The SMILES string of the molecule is c1ccc(-c2cc(-c3ccccc3)nc(-c3cc(-c4ccccc4)c4c5c3N(c3ccccc3)c3cc(-n6c7ccccc7c7ccccc76)c(-c6ccccc6)cc3B5c3cc(-c5ccccc5)c(-n5c6ccccc6c6ccccc65)cc3N4c3ccccc3)n2)cc1. The van der Waals surface area contributed by atoms with Crippen LogP contribution in [0.1, 0.15) is 0 Å². The highest BCUT2D eigenvalue weighted by Crippen LogP contribution is 2.54. The summed E-state index contributed by atoms with van der Waals surface area (Å²) in [5.74, 6) is 0.621. The van der Waals surface area contributed by atoms with Crippen LogP contribution in [0.2, 0.25) is 0 Å². The molecule has 0 bridgehead atoms. The molecule has 0 amide bonds. The number of nitrogens with zero attached hydrogens (tertiary/aromatic N) is 6. The predicted molar refractivity (Wildman–Crippen MR) is 397 cm³/mol. The molecular formula is C88H57BN6. The molecule has 14 aromatic carbocycles. The Hall–Kier alpha value is -12.6. The van der Waals surface area contributed by atoms with Crippen molar-refractivity contribution in [3.8, 4) is 78.7 Å². The van der Waals surface area contributed by atoms with E-state index in [0.29, 0.717) is 5.82 Å². The Bertz CT molecular complexity index is 5620. The summed E-state index contributed by atoms with van der Waals surface area (Å²) < 4.78 is 5.02. The minimum absolute atomic E-state index is 0.387. The highest BCUT2D eigenvalue weighted by atomic mass is 15.2. The molecule has 0 atom stereocenters. The Labute approximate surface area is 550 Å². The molecular weight excluding hydrogens is 1150 g/mol. The molecule has 3 aromatic heterocycles. The Morgan fingerprint density at radius 1 is 0.242 bits per heavy atom. The standard InChI is InChI=1S/C88H57BN6/c1-8-30-58(31-9-1)69-53-73-83(56-81(69)94-77-48-26-22-44-65(77)66-45-23-27-49-78(66)94)92(63-40-18-6-19-41-63)86-71(60-34-12-3-13-35-60)52-72(88-90-75(61-36-14-4-15-37-61)55-76(91-88)62-38-16-5-17-39-62)87-85(86)89(73)74-54-70(59-32-10-2-11-33-59)82(57-84(74)93(87)64-42-20-7-21-43-64)95-79-50-28-24-46-67(79)68-47-25-29-51-80(68)95/h1-57H. The van der Waals surface area contributed by atoms with Crippen molar-refractivity contribution < 1.29 is 0 Å². The summed E-state index contributed by atoms with van der Waals surface area (Å²) in [7, 11) is 0. The van der Waals surface area contributed by atoms with Gasteiger partial charge in [0, 0.05) is 77.7 Å². The van der Waals surface area contributed by atoms with Crippen LogP contribution in [-0.4, -0.2) is 25.8 Å². The van der Waals surface area contributed by atoms with E-state index in [1.54, 1.807) is 0 Å². The second kappa shape index (κ2) is 22.1. The lowest BCUT2D eigenvalue weighted by Crippen LogP contribution is -2.62. The van der Waals surface area contributed by atoms with Crippen molar-refractivity contribution in [1.82, 2.24) is 19.1 Å². The first-order valence-electron chi connectivity index (χ1n) is 32.6. The normalized spacial score (nSPS) is 12.4. The molecule has 0 radical (unpaired) electrons. The van der Waals surface area contributed by atoms with E-state index in [2.05, 4.69) is 365 Å². The number of hydrogen-bond donors (Lipinski definition) is 0. The first-order chi connectivity index (χ1) is 47.2. The quantitative estimate of drug-likeness (QED) is 0.128. The number of benzene rings is 14. The Balaban J connectivity index is 1.03. The molecule has 17 aromatic rings. The predicted octanol–water partition coefficient (Wildman–Crippen LogP) is 20.8. The van der Waals surface area contributed by atoms with E-state index < -0.39 is 0 Å². The van der Waals surface area contributed by atoms with Crippen molar-refractivity contribution in [3.05, 3.63) is 346 Å². The highest BCUT2D eigenvalue weighted by molar-refractivity contribution is 7.00. The van der Waals surface area contributed by atoms with Crippen molar-refractivity contribution in [2.75, 3.05) is 9.80 Å². The zero-order chi connectivity index (χ0) is 62.5. The maximum Gasteiger partial charge on any atom is 0.252 e. The maximum absolute atomic E-state index is 5.81. The second-order valence-electron chi connectivity index (χ2n) is 24.7. The summed E-state index contributed by atoms with van der Waals surface area (Å²) in [6.45, 7) is -0.387. The lowest BCUT2D eigenvalue weighted by molar-refractivity contribution is 1.16. The number of fused-ring (bicyclic) bond motifs is 10. The van der Waals surface area contributed by atoms with E-state index in [4.69, 9.17) is 9.97 Å². The van der Waals surface area contributed by atoms with Crippen LogP contribution in [0, 0.1) is 0 Å². The fourth-order valence-electron chi connectivity index (χ4n) is 15.4. The zero-order valence-electron chi connectivity index (χ0n) is 51.7. The van der Waals surface area contributed by atoms with Gasteiger partial charge in [0.05, 0.1) is 56.2 Å². The van der Waals surface area contributed by atoms with E-state index in [0.717, 1.165) is 134 Å². The van der Waals surface area contributed by atoms with Crippen molar-refractivity contribution in [1.29, 1.82) is 0 Å². The monoisotopic (exact) mass is 1210 g/mol. The molecule has 442 valence electrons. The second-order valence-corrected chi connectivity index (χ2v) is 24.7. The third-order valence-electron chi connectivity index (χ3n) is 19.5. The first kappa shape index (κ1) is 54.2. The fraction of sp³-hybridized carbons (Fsp3) is 0. The van der Waals surface area contributed by atoms with Gasteiger partial charge in [-0.25, -0.2) is 9.97 Å². The molecule has 0 saturated heterocycles. The molecule has 95 heavy (non-hydrogen) atoms. The number of para-hydroxylation sites is 6. The summed E-state index contributed by atoms with van der Waals surface area (Å²) in [5.41, 5.74) is 27.7. The maximum atomic E-state index is 5.81. The minimum Gasteiger partial charge on any atom is -0.311 e. The van der Waals surface area contributed by atoms with Gasteiger partial charge in [-0.05, 0) is 106 Å². The molecule has 0 saturated carbocycles. The van der Waals surface area contributed by atoms with Crippen molar-refractivity contribution in [2.24, 2.45) is 0 Å². The van der Waals surface area contributed by atoms with Gasteiger partial charge >= 0.3 is 0 Å². The van der Waals surface area contributed by atoms with E-state index in [1.165, 1.54) is 32.5 Å². The van der Waals surface area contributed by atoms with Crippen molar-refractivity contribution in [3.63, 3.8) is 0 Å². The zero-order valence-corrected chi connectivity index (χ0v) is 51.7. The summed E-state index contributed by atoms with van der Waals surface area (Å²) in [6, 6.07) is 126. The van der Waals surface area contributed by atoms with Crippen LogP contribution in [0.3, 0.4) is 0 Å². The topological polar surface area (TPSA) is 42.1 Å². The summed E-state index contributed by atoms with van der Waals surface area (Å²) in [6.07, 6.45) is 0. The van der Waals surface area contributed by atoms with E-state index in [1.807, 2.05) is 0 Å². The molecule has 0 unspecified atom stereocenters. The average Bonchev–Trinajstić information content (AvgIpc) is 0.955. The largest absolute Gasteiger partial charge is 0.311 e. The molecule has 6 nitrogen and oxygen atoms in total. The Kier molecular flexibility index (Phi) is 12.6. The van der Waals surface area contributed by atoms with E-state index >= 15 is 0 Å². The van der Waals surface area contributed by atoms with Crippen LogP contribution in [0.25, 0.3) is 122 Å². The number of rotatable bonds is 10. The fourth-order valence-corrected chi connectivity index (χ4v) is 15.4. The number of aromatic nitrogens is 4. The van der Waals surface area contributed by atoms with Crippen LogP contribution in [0.4, 0.5) is 34.1 Å². The van der Waals surface area contributed by atoms with Crippen LogP contribution in [0.5, 0.6) is 0 Å². The third-order valence-corrected chi connectivity index (χ3v) is 19.5. The molecule has 2 aliphatic rings. The molecule has 0 fully saturated rings. The minimum atomic E-state index is -0.387. The van der Waals surface area contributed by atoms with Crippen LogP contribution in [0.15, 0.2) is 346 Å². The van der Waals surface area contributed by atoms with Gasteiger partial charge in [0.2, 0.25) is 0 Å². The summed E-state index contributed by atoms with van der Waals surface area (Å²) >= 11 is 0. The summed E-state index contributed by atoms with van der Waals surface area (Å²) in [5, 5.41) is 4.81. The van der Waals surface area contributed by atoms with Gasteiger partial charge in [0.25, 0.3) is 6.71 Å². The van der Waals surface area contributed by atoms with Crippen molar-refractivity contribution >= 4 is 101 Å². The highest BCUT2D eigenvalue weighted by Gasteiger charge is 2.47. The summed E-state index contributed by atoms with van der Waals surface area (Å²) in [4.78, 5) is 16.8. The van der Waals surface area contributed by atoms with Gasteiger partial charge in [-0.15, -0.1) is 0 Å². The van der Waals surface area contributed by atoms with Crippen molar-refractivity contribution in [2.45, 2.75) is 0 Å². The van der Waals surface area contributed by atoms with Gasteiger partial charge in [-0.1, -0.05) is 273 Å². The Morgan fingerprint density at radius 2 is 0.547 bits per heavy atom. The molecule has 7 heteroatoms. The average molecular weight is 1210 g/mol. The molecule has 0 spiro atoms. The van der Waals surface area contributed by atoms with E-state index in [-0.39, 0.29) is 6.71 Å². The lowest BCUT2D eigenvalue weighted by atomic mass is 9.33. The smallest absolute Gasteiger partial charge is 0.252 e. The van der Waals surface area contributed by atoms with Gasteiger partial charge in [0.1, 0.15) is 0 Å². The molecule has 0 aliphatic carbocycles. The van der Waals surface area contributed by atoms with Crippen LogP contribution < -0.4 is 26.2 Å². The van der Waals surface area contributed by atoms with Gasteiger partial charge in [0.15, 0.2) is 5.82 Å². The van der Waals surface area contributed by atoms with Crippen LogP contribution >= 0.6 is 0 Å². The van der Waals surface area contributed by atoms with Gasteiger partial charge in [-0.3, -0.25) is 0 Å². The number of anilines is 6. The first-order valence-corrected chi connectivity index (χ1v) is 32.6. The molecule has 5 heterocycles. The molecule has 19 rings (SSSR count). The lowest BCUT2D eigenvalue weighted by Gasteiger charge is -2.46. The molecule has 2 aliphatic heterocycles. The van der Waals surface area contributed by atoms with Gasteiger partial charge in [-0.2, -0.15) is 0 Å². The van der Waals surface area contributed by atoms with E-state index in [9.17, 15) is 0 Å². The van der Waals surface area contributed by atoms with Gasteiger partial charge < -0.3 is 18.9 Å².